The maximum absolute atomic E-state index is 5.86. The quantitative estimate of drug-likeness (QED) is 0.608. The van der Waals surface area contributed by atoms with Crippen LogP contribution in [0.5, 0.6) is 5.75 Å². The second-order valence-electron chi connectivity index (χ2n) is 5.46. The van der Waals surface area contributed by atoms with E-state index >= 15 is 0 Å². The summed E-state index contributed by atoms with van der Waals surface area (Å²) in [4.78, 5) is 0. The molecular formula is C19H22N2OS. The largest absolute Gasteiger partial charge is 0.494 e. The lowest BCUT2D eigenvalue weighted by atomic mass is 10.1. The van der Waals surface area contributed by atoms with E-state index in [9.17, 15) is 0 Å². The number of rotatable bonds is 8. The average Bonchev–Trinajstić information content (AvgIpc) is 3.02. The first-order valence-corrected chi connectivity index (χ1v) is 8.94. The van der Waals surface area contributed by atoms with Crippen LogP contribution < -0.4 is 10.1 Å². The van der Waals surface area contributed by atoms with E-state index in [2.05, 4.69) is 40.9 Å². The lowest BCUT2D eigenvalue weighted by molar-refractivity contribution is 0.306. The van der Waals surface area contributed by atoms with E-state index in [-0.39, 0.29) is 0 Å². The van der Waals surface area contributed by atoms with Crippen molar-refractivity contribution in [2.75, 3.05) is 19.7 Å². The number of nitrogens with zero attached hydrogens (tertiary/aromatic N) is 1. The van der Waals surface area contributed by atoms with Crippen molar-refractivity contribution in [3.8, 4) is 17.0 Å². The molecule has 3 rings (SSSR count). The number of hydrogen-bond donors (Lipinski definition) is 1. The Morgan fingerprint density at radius 3 is 2.78 bits per heavy atom. The highest BCUT2D eigenvalue weighted by Crippen LogP contribution is 2.33. The monoisotopic (exact) mass is 326 g/mol. The molecule has 2 aromatic carbocycles. The van der Waals surface area contributed by atoms with Gasteiger partial charge in [-0.2, -0.15) is 4.37 Å². The summed E-state index contributed by atoms with van der Waals surface area (Å²) in [5.41, 5.74) is 2.22. The van der Waals surface area contributed by atoms with E-state index in [1.807, 2.05) is 24.3 Å². The molecule has 0 saturated carbocycles. The van der Waals surface area contributed by atoms with Crippen LogP contribution in [0.2, 0.25) is 0 Å². The molecule has 1 heterocycles. The molecule has 1 aromatic heterocycles. The maximum Gasteiger partial charge on any atom is 0.120 e. The van der Waals surface area contributed by atoms with E-state index in [0.29, 0.717) is 0 Å². The highest BCUT2D eigenvalue weighted by Gasteiger charge is 2.09. The van der Waals surface area contributed by atoms with Gasteiger partial charge in [0.05, 0.1) is 17.0 Å². The van der Waals surface area contributed by atoms with Gasteiger partial charge in [-0.05, 0) is 55.7 Å². The van der Waals surface area contributed by atoms with Gasteiger partial charge in [-0.25, -0.2) is 0 Å². The van der Waals surface area contributed by atoms with Crippen molar-refractivity contribution < 1.29 is 4.74 Å². The average molecular weight is 326 g/mol. The van der Waals surface area contributed by atoms with E-state index in [0.717, 1.165) is 49.5 Å². The van der Waals surface area contributed by atoms with Crippen LogP contribution >= 0.6 is 11.5 Å². The lowest BCUT2D eigenvalue weighted by Gasteiger charge is -2.06. The molecule has 1 N–H and O–H groups in total. The minimum Gasteiger partial charge on any atom is -0.494 e. The third kappa shape index (κ3) is 4.09. The second-order valence-corrected chi connectivity index (χ2v) is 6.27. The van der Waals surface area contributed by atoms with Crippen molar-refractivity contribution in [2.45, 2.75) is 19.8 Å². The summed E-state index contributed by atoms with van der Waals surface area (Å²) < 4.78 is 11.7. The van der Waals surface area contributed by atoms with Gasteiger partial charge in [-0.3, -0.25) is 0 Å². The van der Waals surface area contributed by atoms with Crippen molar-refractivity contribution in [2.24, 2.45) is 0 Å². The van der Waals surface area contributed by atoms with Crippen LogP contribution in [0.15, 0.2) is 48.5 Å². The highest BCUT2D eigenvalue weighted by atomic mass is 32.1. The summed E-state index contributed by atoms with van der Waals surface area (Å²) in [6, 6.07) is 16.6. The third-order valence-corrected chi connectivity index (χ3v) is 4.57. The van der Waals surface area contributed by atoms with Crippen LogP contribution in [0.3, 0.4) is 0 Å². The van der Waals surface area contributed by atoms with Gasteiger partial charge in [-0.1, -0.05) is 37.3 Å². The lowest BCUT2D eigenvalue weighted by Crippen LogP contribution is -2.14. The summed E-state index contributed by atoms with van der Waals surface area (Å²) in [5, 5.41) is 4.52. The van der Waals surface area contributed by atoms with Gasteiger partial charge >= 0.3 is 0 Å². The first-order valence-electron chi connectivity index (χ1n) is 8.17. The number of hydrogen-bond acceptors (Lipinski definition) is 4. The van der Waals surface area contributed by atoms with E-state index in [4.69, 9.17) is 4.74 Å². The number of aromatic nitrogens is 1. The minimum atomic E-state index is 0.765. The summed E-state index contributed by atoms with van der Waals surface area (Å²) in [6.07, 6.45) is 2.22. The van der Waals surface area contributed by atoms with Crippen LogP contribution in [0, 0.1) is 0 Å². The van der Waals surface area contributed by atoms with Gasteiger partial charge in [-0.15, -0.1) is 0 Å². The van der Waals surface area contributed by atoms with Crippen LogP contribution in [0.1, 0.15) is 19.8 Å². The molecule has 0 bridgehead atoms. The predicted molar refractivity (Wildman–Crippen MR) is 98.3 cm³/mol. The Morgan fingerprint density at radius 1 is 1.09 bits per heavy atom. The van der Waals surface area contributed by atoms with Crippen molar-refractivity contribution in [3.63, 3.8) is 0 Å². The topological polar surface area (TPSA) is 34.1 Å². The van der Waals surface area contributed by atoms with Gasteiger partial charge < -0.3 is 10.1 Å². The van der Waals surface area contributed by atoms with Crippen LogP contribution in [0.4, 0.5) is 0 Å². The molecule has 3 nitrogen and oxygen atoms in total. The molecule has 4 heteroatoms. The van der Waals surface area contributed by atoms with E-state index in [1.54, 1.807) is 0 Å². The van der Waals surface area contributed by atoms with Crippen LogP contribution in [-0.2, 0) is 0 Å². The first-order chi connectivity index (χ1) is 11.4. The molecule has 0 aliphatic rings. The summed E-state index contributed by atoms with van der Waals surface area (Å²) in [5.74, 6) is 0.934. The molecule has 0 saturated heterocycles. The Hall–Kier alpha value is -1.91. The molecule has 0 unspecified atom stereocenters. The fourth-order valence-corrected chi connectivity index (χ4v) is 3.36. The van der Waals surface area contributed by atoms with Gasteiger partial charge in [0.25, 0.3) is 0 Å². The predicted octanol–water partition coefficient (Wildman–Crippen LogP) is 4.73. The summed E-state index contributed by atoms with van der Waals surface area (Å²) >= 11 is 1.53. The zero-order valence-electron chi connectivity index (χ0n) is 13.4. The number of ether oxygens (including phenoxy) is 1. The fourth-order valence-electron chi connectivity index (χ4n) is 2.53. The summed E-state index contributed by atoms with van der Waals surface area (Å²) in [7, 11) is 0. The molecule has 0 atom stereocenters. The Morgan fingerprint density at radius 2 is 1.96 bits per heavy atom. The molecule has 0 aliphatic carbocycles. The van der Waals surface area contributed by atoms with Crippen molar-refractivity contribution >= 4 is 21.6 Å². The molecule has 0 aliphatic heterocycles. The van der Waals surface area contributed by atoms with Crippen molar-refractivity contribution in [1.82, 2.24) is 9.69 Å². The molecule has 0 radical (unpaired) electrons. The standard InChI is InChI=1S/C19H22N2OS/c1-2-20-12-6-7-13-22-16-10-11-17-18(14-16)23-21-19(17)15-8-4-3-5-9-15/h3-5,8-11,14,20H,2,6-7,12-13H2,1H3. The maximum atomic E-state index is 5.86. The van der Waals surface area contributed by atoms with Crippen LogP contribution in [0.25, 0.3) is 21.3 Å². The van der Waals surface area contributed by atoms with Gasteiger partial charge in [0.2, 0.25) is 0 Å². The molecule has 120 valence electrons. The summed E-state index contributed by atoms with van der Waals surface area (Å²) in [6.45, 7) is 4.99. The van der Waals surface area contributed by atoms with Crippen molar-refractivity contribution in [3.05, 3.63) is 48.5 Å². The molecule has 3 aromatic rings. The highest BCUT2D eigenvalue weighted by molar-refractivity contribution is 7.13. The second kappa shape index (κ2) is 8.09. The van der Waals surface area contributed by atoms with E-state index < -0.39 is 0 Å². The van der Waals surface area contributed by atoms with Gasteiger partial charge in [0.15, 0.2) is 0 Å². The first kappa shape index (κ1) is 16.0. The van der Waals surface area contributed by atoms with E-state index in [1.165, 1.54) is 21.6 Å². The number of fused-ring (bicyclic) bond motifs is 1. The van der Waals surface area contributed by atoms with Gasteiger partial charge in [0.1, 0.15) is 5.75 Å². The Bertz CT molecular complexity index is 739. The number of benzene rings is 2. The Balaban J connectivity index is 1.64. The smallest absolute Gasteiger partial charge is 0.120 e. The SMILES string of the molecule is CCNCCCCOc1ccc2c(-c3ccccc3)nsc2c1. The van der Waals surface area contributed by atoms with Crippen LogP contribution in [-0.4, -0.2) is 24.1 Å². The fraction of sp³-hybridized carbons (Fsp3) is 0.316. The number of unbranched alkanes of at least 4 members (excludes halogenated alkanes) is 1. The molecule has 0 amide bonds. The number of nitrogens with one attached hydrogen (secondary N) is 1. The molecule has 23 heavy (non-hydrogen) atoms. The Labute approximate surface area is 141 Å². The van der Waals surface area contributed by atoms with Crippen molar-refractivity contribution in [1.29, 1.82) is 0 Å². The normalized spacial score (nSPS) is 11.0. The zero-order chi connectivity index (χ0) is 15.9. The van der Waals surface area contributed by atoms with Gasteiger partial charge in [0, 0.05) is 10.9 Å². The molecular weight excluding hydrogens is 304 g/mol. The molecule has 0 fully saturated rings. The minimum absolute atomic E-state index is 0.765. The zero-order valence-corrected chi connectivity index (χ0v) is 14.2. The molecule has 0 spiro atoms. The Kier molecular flexibility index (Phi) is 5.61. The third-order valence-electron chi connectivity index (χ3n) is 3.76.